The van der Waals surface area contributed by atoms with E-state index in [1.54, 1.807) is 32.2 Å². The lowest BCUT2D eigenvalue weighted by Crippen LogP contribution is -2.48. The zero-order chi connectivity index (χ0) is 22.5. The van der Waals surface area contributed by atoms with Crippen molar-refractivity contribution in [2.75, 3.05) is 17.7 Å². The van der Waals surface area contributed by atoms with Gasteiger partial charge in [0.25, 0.3) is 0 Å². The maximum Gasteiger partial charge on any atom is 0.244 e. The Kier molecular flexibility index (Phi) is 8.15. The summed E-state index contributed by atoms with van der Waals surface area (Å²) in [6.45, 7) is 5.71. The van der Waals surface area contributed by atoms with E-state index in [0.717, 1.165) is 21.9 Å². The highest BCUT2D eigenvalue weighted by atomic mass is 35.5. The number of nitrogens with zero attached hydrogens (tertiary/aromatic N) is 1. The van der Waals surface area contributed by atoms with Crippen molar-refractivity contribution in [1.29, 1.82) is 0 Å². The van der Waals surface area contributed by atoms with E-state index in [9.17, 15) is 13.2 Å². The number of anilines is 1. The van der Waals surface area contributed by atoms with Crippen molar-refractivity contribution in [2.45, 2.75) is 39.3 Å². The summed E-state index contributed by atoms with van der Waals surface area (Å²) < 4.78 is 31.3. The lowest BCUT2D eigenvalue weighted by molar-refractivity contribution is -0.122. The molecule has 2 atom stereocenters. The Hall–Kier alpha value is -2.25. The first-order chi connectivity index (χ1) is 14.0. The normalized spacial score (nSPS) is 13.6. The van der Waals surface area contributed by atoms with E-state index in [4.69, 9.17) is 16.3 Å². The van der Waals surface area contributed by atoms with Crippen LogP contribution >= 0.6 is 11.6 Å². The highest BCUT2D eigenvalue weighted by molar-refractivity contribution is 7.92. The topological polar surface area (TPSA) is 75.7 Å². The molecule has 164 valence electrons. The highest BCUT2D eigenvalue weighted by Gasteiger charge is 2.30. The predicted molar refractivity (Wildman–Crippen MR) is 122 cm³/mol. The standard InChI is InChI=1S/C22H29ClN2O4S/c1-15(2)13-21(17-9-11-20(29-4)12-10-17)24-22(26)16(3)25(30(5,27)28)19-8-6-7-18(23)14-19/h6-12,14-16,21H,13H2,1-5H3,(H,24,26)/t16-,21+/m1/s1. The number of hydrogen-bond donors (Lipinski definition) is 1. The molecular weight excluding hydrogens is 424 g/mol. The molecule has 1 amide bonds. The zero-order valence-corrected chi connectivity index (χ0v) is 19.5. The third kappa shape index (κ3) is 6.37. The number of sulfonamides is 1. The molecule has 0 unspecified atom stereocenters. The molecule has 0 aliphatic carbocycles. The van der Waals surface area contributed by atoms with Crippen LogP contribution in [0, 0.1) is 5.92 Å². The summed E-state index contributed by atoms with van der Waals surface area (Å²) in [5.41, 5.74) is 1.27. The summed E-state index contributed by atoms with van der Waals surface area (Å²) in [5.74, 6) is 0.666. The molecule has 0 saturated carbocycles. The molecule has 0 aliphatic heterocycles. The van der Waals surface area contributed by atoms with Crippen molar-refractivity contribution in [1.82, 2.24) is 5.32 Å². The molecule has 6 nitrogen and oxygen atoms in total. The van der Waals surface area contributed by atoms with Gasteiger partial charge in [-0.15, -0.1) is 0 Å². The Bertz CT molecular complexity index is 961. The molecule has 30 heavy (non-hydrogen) atoms. The van der Waals surface area contributed by atoms with Gasteiger partial charge in [-0.3, -0.25) is 9.10 Å². The van der Waals surface area contributed by atoms with E-state index in [0.29, 0.717) is 23.0 Å². The fraction of sp³-hybridized carbons (Fsp3) is 0.409. The second-order valence-corrected chi connectivity index (χ2v) is 9.97. The van der Waals surface area contributed by atoms with Crippen molar-refractivity contribution < 1.29 is 17.9 Å². The van der Waals surface area contributed by atoms with E-state index < -0.39 is 16.1 Å². The third-order valence-electron chi connectivity index (χ3n) is 4.69. The van der Waals surface area contributed by atoms with Crippen LogP contribution in [0.4, 0.5) is 5.69 Å². The van der Waals surface area contributed by atoms with Crippen molar-refractivity contribution in [3.8, 4) is 5.75 Å². The summed E-state index contributed by atoms with van der Waals surface area (Å²) in [6, 6.07) is 12.7. The van der Waals surface area contributed by atoms with Crippen molar-refractivity contribution >= 4 is 33.2 Å². The van der Waals surface area contributed by atoms with Gasteiger partial charge in [-0.2, -0.15) is 0 Å². The van der Waals surface area contributed by atoms with Gasteiger partial charge >= 0.3 is 0 Å². The minimum atomic E-state index is -3.71. The van der Waals surface area contributed by atoms with Gasteiger partial charge in [0.05, 0.1) is 25.1 Å². The number of rotatable bonds is 9. The summed E-state index contributed by atoms with van der Waals surface area (Å²) >= 11 is 6.04. The van der Waals surface area contributed by atoms with E-state index >= 15 is 0 Å². The third-order valence-corrected chi connectivity index (χ3v) is 6.17. The second-order valence-electron chi connectivity index (χ2n) is 7.68. The van der Waals surface area contributed by atoms with E-state index in [2.05, 4.69) is 19.2 Å². The average molecular weight is 453 g/mol. The predicted octanol–water partition coefficient (Wildman–Crippen LogP) is 4.41. The van der Waals surface area contributed by atoms with Crippen molar-refractivity contribution in [2.24, 2.45) is 5.92 Å². The Labute approximate surface area is 184 Å². The van der Waals surface area contributed by atoms with Gasteiger partial charge in [-0.25, -0.2) is 8.42 Å². The van der Waals surface area contributed by atoms with Gasteiger partial charge in [0, 0.05) is 5.02 Å². The number of carbonyl (C=O) groups excluding carboxylic acids is 1. The van der Waals surface area contributed by atoms with Gasteiger partial charge in [0.15, 0.2) is 0 Å². The molecule has 0 bridgehead atoms. The second kappa shape index (κ2) is 10.2. The summed E-state index contributed by atoms with van der Waals surface area (Å²) in [7, 11) is -2.12. The molecule has 1 N–H and O–H groups in total. The average Bonchev–Trinajstić information content (AvgIpc) is 2.66. The van der Waals surface area contributed by atoms with Crippen LogP contribution in [0.25, 0.3) is 0 Å². The molecule has 2 aromatic carbocycles. The number of amides is 1. The highest BCUT2D eigenvalue weighted by Crippen LogP contribution is 2.27. The monoisotopic (exact) mass is 452 g/mol. The molecule has 0 aliphatic rings. The summed E-state index contributed by atoms with van der Waals surface area (Å²) in [4.78, 5) is 13.1. The molecule has 0 heterocycles. The summed E-state index contributed by atoms with van der Waals surface area (Å²) in [6.07, 6.45) is 1.79. The molecule has 0 saturated heterocycles. The molecule has 0 fully saturated rings. The van der Waals surface area contributed by atoms with Gasteiger partial charge in [-0.05, 0) is 55.2 Å². The van der Waals surface area contributed by atoms with Crippen LogP contribution in [-0.2, 0) is 14.8 Å². The van der Waals surface area contributed by atoms with E-state index in [-0.39, 0.29) is 11.9 Å². The fourth-order valence-electron chi connectivity index (χ4n) is 3.30. The molecule has 2 aromatic rings. The largest absolute Gasteiger partial charge is 0.497 e. The number of hydrogen-bond acceptors (Lipinski definition) is 4. The first kappa shape index (κ1) is 24.0. The first-order valence-corrected chi connectivity index (χ1v) is 11.9. The smallest absolute Gasteiger partial charge is 0.244 e. The van der Waals surface area contributed by atoms with Crippen molar-refractivity contribution in [3.05, 3.63) is 59.1 Å². The lowest BCUT2D eigenvalue weighted by atomic mass is 9.96. The Balaban J connectivity index is 2.31. The van der Waals surface area contributed by atoms with Gasteiger partial charge in [0.2, 0.25) is 15.9 Å². The minimum Gasteiger partial charge on any atom is -0.497 e. The zero-order valence-electron chi connectivity index (χ0n) is 17.9. The number of benzene rings is 2. The van der Waals surface area contributed by atoms with Crippen LogP contribution in [0.3, 0.4) is 0 Å². The first-order valence-electron chi connectivity index (χ1n) is 9.72. The Morgan fingerprint density at radius 2 is 1.77 bits per heavy atom. The number of carbonyl (C=O) groups is 1. The van der Waals surface area contributed by atoms with Crippen LogP contribution in [0.1, 0.15) is 38.8 Å². The van der Waals surface area contributed by atoms with Gasteiger partial charge < -0.3 is 10.1 Å². The van der Waals surface area contributed by atoms with Gasteiger partial charge in [0.1, 0.15) is 11.8 Å². The maximum absolute atomic E-state index is 13.1. The number of halogens is 1. The van der Waals surface area contributed by atoms with Crippen LogP contribution in [0.15, 0.2) is 48.5 Å². The maximum atomic E-state index is 13.1. The Morgan fingerprint density at radius 1 is 1.13 bits per heavy atom. The quantitative estimate of drug-likeness (QED) is 0.611. The Morgan fingerprint density at radius 3 is 2.27 bits per heavy atom. The van der Waals surface area contributed by atoms with Crippen LogP contribution < -0.4 is 14.4 Å². The number of methoxy groups -OCH3 is 1. The minimum absolute atomic E-state index is 0.258. The van der Waals surface area contributed by atoms with Crippen molar-refractivity contribution in [3.63, 3.8) is 0 Å². The van der Waals surface area contributed by atoms with Crippen LogP contribution in [0.2, 0.25) is 5.02 Å². The van der Waals surface area contributed by atoms with Crippen LogP contribution in [0.5, 0.6) is 5.75 Å². The molecule has 0 radical (unpaired) electrons. The fourth-order valence-corrected chi connectivity index (χ4v) is 4.65. The summed E-state index contributed by atoms with van der Waals surface area (Å²) in [5, 5.41) is 3.41. The lowest BCUT2D eigenvalue weighted by Gasteiger charge is -2.30. The van der Waals surface area contributed by atoms with E-state index in [1.165, 1.54) is 6.07 Å². The molecule has 0 spiro atoms. The molecule has 8 heteroatoms. The molecule has 0 aromatic heterocycles. The van der Waals surface area contributed by atoms with Gasteiger partial charge in [-0.1, -0.05) is 43.6 Å². The molecular formula is C22H29ClN2O4S. The SMILES string of the molecule is COc1ccc([C@H](CC(C)C)NC(=O)[C@@H](C)N(c2cccc(Cl)c2)S(C)(=O)=O)cc1. The van der Waals surface area contributed by atoms with E-state index in [1.807, 2.05) is 24.3 Å². The van der Waals surface area contributed by atoms with Crippen LogP contribution in [-0.4, -0.2) is 33.7 Å². The number of nitrogens with one attached hydrogen (secondary N) is 1. The molecule has 2 rings (SSSR count). The number of ether oxygens (including phenoxy) is 1.